The lowest BCUT2D eigenvalue weighted by Crippen LogP contribution is -2.38. The second kappa shape index (κ2) is 10.3. The minimum absolute atomic E-state index is 0.320. The molecule has 0 bridgehead atoms. The summed E-state index contributed by atoms with van der Waals surface area (Å²) < 4.78 is 5.10. The zero-order valence-corrected chi connectivity index (χ0v) is 13.7. The number of rotatable bonds is 8. The fourth-order valence-corrected chi connectivity index (χ4v) is 2.03. The third-order valence-corrected chi connectivity index (χ3v) is 3.48. The SMILES string of the molecule is CCNC(=NCC(O)c1ccc(OC)cc1)NCCSC. The molecule has 1 aromatic rings. The smallest absolute Gasteiger partial charge is 0.191 e. The first-order valence-electron chi connectivity index (χ1n) is 7.04. The van der Waals surface area contributed by atoms with Crippen molar-refractivity contribution < 1.29 is 9.84 Å². The van der Waals surface area contributed by atoms with Crippen molar-refractivity contribution in [3.63, 3.8) is 0 Å². The fraction of sp³-hybridized carbons (Fsp3) is 0.533. The molecular weight excluding hydrogens is 286 g/mol. The van der Waals surface area contributed by atoms with Crippen LogP contribution in [0.3, 0.4) is 0 Å². The molecule has 3 N–H and O–H groups in total. The van der Waals surface area contributed by atoms with Gasteiger partial charge in [0.1, 0.15) is 5.75 Å². The van der Waals surface area contributed by atoms with E-state index in [0.29, 0.717) is 6.54 Å². The number of aliphatic hydroxyl groups excluding tert-OH is 1. The molecular formula is C15H25N3O2S. The van der Waals surface area contributed by atoms with Crippen LogP contribution >= 0.6 is 11.8 Å². The summed E-state index contributed by atoms with van der Waals surface area (Å²) in [5.74, 6) is 2.53. The van der Waals surface area contributed by atoms with Crippen LogP contribution in [-0.4, -0.2) is 49.8 Å². The third-order valence-electron chi connectivity index (χ3n) is 2.87. The molecule has 0 radical (unpaired) electrons. The molecule has 1 aromatic carbocycles. The van der Waals surface area contributed by atoms with E-state index >= 15 is 0 Å². The maximum absolute atomic E-state index is 10.2. The lowest BCUT2D eigenvalue weighted by atomic mass is 10.1. The van der Waals surface area contributed by atoms with Crippen LogP contribution in [0.1, 0.15) is 18.6 Å². The summed E-state index contributed by atoms with van der Waals surface area (Å²) >= 11 is 1.78. The number of benzene rings is 1. The van der Waals surface area contributed by atoms with E-state index < -0.39 is 6.10 Å². The van der Waals surface area contributed by atoms with E-state index in [1.165, 1.54) is 0 Å². The Bertz CT molecular complexity index is 423. The summed E-state index contributed by atoms with van der Waals surface area (Å²) in [6.07, 6.45) is 1.45. The summed E-state index contributed by atoms with van der Waals surface area (Å²) in [6.45, 7) is 3.99. The molecule has 1 atom stereocenters. The van der Waals surface area contributed by atoms with Gasteiger partial charge in [-0.05, 0) is 30.9 Å². The van der Waals surface area contributed by atoms with Gasteiger partial charge in [-0.3, -0.25) is 4.99 Å². The van der Waals surface area contributed by atoms with Crippen molar-refractivity contribution >= 4 is 17.7 Å². The first-order valence-corrected chi connectivity index (χ1v) is 8.43. The Morgan fingerprint density at radius 1 is 1.33 bits per heavy atom. The topological polar surface area (TPSA) is 65.9 Å². The van der Waals surface area contributed by atoms with Gasteiger partial charge in [-0.25, -0.2) is 0 Å². The van der Waals surface area contributed by atoms with Crippen LogP contribution in [0.15, 0.2) is 29.3 Å². The average Bonchev–Trinajstić information content (AvgIpc) is 2.52. The van der Waals surface area contributed by atoms with E-state index in [-0.39, 0.29) is 0 Å². The highest BCUT2D eigenvalue weighted by molar-refractivity contribution is 7.98. The van der Waals surface area contributed by atoms with Crippen LogP contribution in [0, 0.1) is 0 Å². The number of thioether (sulfide) groups is 1. The molecule has 5 nitrogen and oxygen atoms in total. The quantitative estimate of drug-likeness (QED) is 0.387. The molecule has 0 saturated carbocycles. The molecule has 0 amide bonds. The van der Waals surface area contributed by atoms with E-state index in [1.807, 2.05) is 31.2 Å². The second-order valence-electron chi connectivity index (χ2n) is 4.43. The van der Waals surface area contributed by atoms with Gasteiger partial charge in [0.15, 0.2) is 5.96 Å². The van der Waals surface area contributed by atoms with Crippen molar-refractivity contribution in [1.82, 2.24) is 10.6 Å². The zero-order chi connectivity index (χ0) is 15.5. The number of guanidine groups is 1. The summed E-state index contributed by atoms with van der Waals surface area (Å²) in [5, 5.41) is 16.6. The van der Waals surface area contributed by atoms with Gasteiger partial charge in [-0.15, -0.1) is 0 Å². The number of hydrogen-bond donors (Lipinski definition) is 3. The predicted molar refractivity (Wildman–Crippen MR) is 90.3 cm³/mol. The largest absolute Gasteiger partial charge is 0.497 e. The van der Waals surface area contributed by atoms with Gasteiger partial charge in [0.25, 0.3) is 0 Å². The van der Waals surface area contributed by atoms with E-state index in [0.717, 1.165) is 36.1 Å². The zero-order valence-electron chi connectivity index (χ0n) is 12.9. The maximum Gasteiger partial charge on any atom is 0.191 e. The van der Waals surface area contributed by atoms with E-state index in [9.17, 15) is 5.11 Å². The average molecular weight is 311 g/mol. The number of nitrogens with one attached hydrogen (secondary N) is 2. The lowest BCUT2D eigenvalue weighted by molar-refractivity contribution is 0.187. The highest BCUT2D eigenvalue weighted by Crippen LogP contribution is 2.17. The third kappa shape index (κ3) is 6.73. The Balaban J connectivity index is 2.56. The standard InChI is InChI=1S/C15H25N3O2S/c1-4-16-15(17-9-10-21-3)18-11-14(19)12-5-7-13(20-2)8-6-12/h5-8,14,19H,4,9-11H2,1-3H3,(H2,16,17,18). The first-order chi connectivity index (χ1) is 10.2. The lowest BCUT2D eigenvalue weighted by Gasteiger charge is -2.13. The molecule has 6 heteroatoms. The van der Waals surface area contributed by atoms with Crippen LogP contribution in [-0.2, 0) is 0 Å². The number of methoxy groups -OCH3 is 1. The second-order valence-corrected chi connectivity index (χ2v) is 5.41. The molecule has 1 rings (SSSR count). The summed E-state index contributed by atoms with van der Waals surface area (Å²) in [7, 11) is 1.62. The number of aliphatic hydroxyl groups is 1. The van der Waals surface area contributed by atoms with Gasteiger partial charge >= 0.3 is 0 Å². The highest BCUT2D eigenvalue weighted by Gasteiger charge is 2.07. The molecule has 0 saturated heterocycles. The fourth-order valence-electron chi connectivity index (χ4n) is 1.72. The van der Waals surface area contributed by atoms with E-state index in [2.05, 4.69) is 21.9 Å². The molecule has 1 unspecified atom stereocenters. The van der Waals surface area contributed by atoms with E-state index in [1.54, 1.807) is 18.9 Å². The predicted octanol–water partition coefficient (Wildman–Crippen LogP) is 1.65. The van der Waals surface area contributed by atoms with Crippen molar-refractivity contribution in [3.8, 4) is 5.75 Å². The van der Waals surface area contributed by atoms with Crippen LogP contribution in [0.4, 0.5) is 0 Å². The number of ether oxygens (including phenoxy) is 1. The van der Waals surface area contributed by atoms with Crippen LogP contribution < -0.4 is 15.4 Å². The molecule has 118 valence electrons. The normalized spacial score (nSPS) is 12.9. The molecule has 21 heavy (non-hydrogen) atoms. The summed E-state index contributed by atoms with van der Waals surface area (Å²) in [5.41, 5.74) is 0.833. The van der Waals surface area contributed by atoms with Gasteiger partial charge in [-0.2, -0.15) is 11.8 Å². The van der Waals surface area contributed by atoms with Crippen molar-refractivity contribution in [2.45, 2.75) is 13.0 Å². The highest BCUT2D eigenvalue weighted by atomic mass is 32.2. The monoisotopic (exact) mass is 311 g/mol. The van der Waals surface area contributed by atoms with Gasteiger partial charge in [0.2, 0.25) is 0 Å². The number of aliphatic imine (C=N–C) groups is 1. The summed E-state index contributed by atoms with van der Waals surface area (Å²) in [4.78, 5) is 4.41. The van der Waals surface area contributed by atoms with Crippen LogP contribution in [0.2, 0.25) is 0 Å². The van der Waals surface area contributed by atoms with E-state index in [4.69, 9.17) is 4.74 Å². The molecule has 0 spiro atoms. The van der Waals surface area contributed by atoms with Crippen molar-refractivity contribution in [2.75, 3.05) is 38.8 Å². The molecule has 0 heterocycles. The van der Waals surface area contributed by atoms with Crippen molar-refractivity contribution in [2.24, 2.45) is 4.99 Å². The molecule has 0 fully saturated rings. The van der Waals surface area contributed by atoms with Gasteiger partial charge in [0, 0.05) is 18.8 Å². The van der Waals surface area contributed by atoms with Gasteiger partial charge in [-0.1, -0.05) is 12.1 Å². The van der Waals surface area contributed by atoms with Crippen LogP contribution in [0.5, 0.6) is 5.75 Å². The summed E-state index contributed by atoms with van der Waals surface area (Å²) in [6, 6.07) is 7.38. The van der Waals surface area contributed by atoms with Gasteiger partial charge < -0.3 is 20.5 Å². The first kappa shape index (κ1) is 17.7. The molecule has 0 aromatic heterocycles. The molecule has 0 aliphatic carbocycles. The maximum atomic E-state index is 10.2. The van der Waals surface area contributed by atoms with Gasteiger partial charge in [0.05, 0.1) is 19.8 Å². The number of nitrogens with zero attached hydrogens (tertiary/aromatic N) is 1. The molecule has 0 aliphatic rings. The minimum Gasteiger partial charge on any atom is -0.497 e. The van der Waals surface area contributed by atoms with Crippen LogP contribution in [0.25, 0.3) is 0 Å². The van der Waals surface area contributed by atoms with Crippen molar-refractivity contribution in [1.29, 1.82) is 0 Å². The Morgan fingerprint density at radius 3 is 2.62 bits per heavy atom. The number of hydrogen-bond acceptors (Lipinski definition) is 4. The Hall–Kier alpha value is -1.40. The van der Waals surface area contributed by atoms with Crippen molar-refractivity contribution in [3.05, 3.63) is 29.8 Å². The Labute approximate surface area is 131 Å². The molecule has 0 aliphatic heterocycles. The minimum atomic E-state index is -0.619. The Kier molecular flexibility index (Phi) is 8.69. The Morgan fingerprint density at radius 2 is 2.05 bits per heavy atom.